The average Bonchev–Trinajstić information content (AvgIpc) is 0.759. The molecule has 21 heteroatoms. The zero-order valence-corrected chi connectivity index (χ0v) is 86.9. The van der Waals surface area contributed by atoms with Crippen molar-refractivity contribution in [2.24, 2.45) is 0 Å². The van der Waals surface area contributed by atoms with Crippen molar-refractivity contribution in [3.05, 3.63) is 231 Å². The van der Waals surface area contributed by atoms with Gasteiger partial charge >= 0.3 is 35.8 Å². The first kappa shape index (κ1) is 107. The van der Waals surface area contributed by atoms with Crippen molar-refractivity contribution < 1.29 is 99.9 Å². The Morgan fingerprint density at radius 1 is 0.176 bits per heavy atom. The average molecular weight is 1870 g/mol. The zero-order chi connectivity index (χ0) is 100. The minimum absolute atomic E-state index is 0.115. The smallest absolute Gasteiger partial charge is 0.344 e. The molecular weight excluding hydrogens is 1720 g/mol. The number of esters is 6. The van der Waals surface area contributed by atoms with Crippen molar-refractivity contribution in [1.29, 1.82) is 0 Å². The fourth-order valence-corrected chi connectivity index (χ4v) is 17.1. The van der Waals surface area contributed by atoms with Crippen molar-refractivity contribution in [1.82, 2.24) is 0 Å². The van der Waals surface area contributed by atoms with Gasteiger partial charge in [0.25, 0.3) is 0 Å². The van der Waals surface area contributed by atoms with Gasteiger partial charge in [-0.05, 0) is 218 Å². The molecule has 8 aromatic carbocycles. The molecule has 0 saturated carbocycles. The van der Waals surface area contributed by atoms with Gasteiger partial charge in [0.05, 0.1) is 39.6 Å². The van der Waals surface area contributed by atoms with Gasteiger partial charge in [-0.2, -0.15) is 0 Å². The fourth-order valence-electron chi connectivity index (χ4n) is 17.1. The van der Waals surface area contributed by atoms with Crippen molar-refractivity contribution in [3.63, 3.8) is 0 Å². The van der Waals surface area contributed by atoms with E-state index in [1.165, 1.54) is 0 Å². The maximum atomic E-state index is 16.2. The number of ketones is 1. The van der Waals surface area contributed by atoms with Crippen molar-refractivity contribution in [2.45, 2.75) is 302 Å². The van der Waals surface area contributed by atoms with E-state index < -0.39 is 138 Å². The van der Waals surface area contributed by atoms with Crippen LogP contribution in [0, 0.1) is 0 Å². The van der Waals surface area contributed by atoms with Gasteiger partial charge in [0.15, 0.2) is 52.9 Å². The van der Waals surface area contributed by atoms with Gasteiger partial charge in [0.2, 0.25) is 5.78 Å². The molecule has 16 bridgehead atoms. The predicted octanol–water partition coefficient (Wildman–Crippen LogP) is 22.1. The van der Waals surface area contributed by atoms with Crippen LogP contribution in [0.4, 0.5) is 0 Å². The molecule has 21 nitrogen and oxygen atoms in total. The van der Waals surface area contributed by atoms with Crippen LogP contribution in [-0.4, -0.2) is 134 Å². The highest BCUT2D eigenvalue weighted by Crippen LogP contribution is 2.49. The molecule has 0 aromatic heterocycles. The van der Waals surface area contributed by atoms with Crippen LogP contribution in [0.5, 0.6) is 46.0 Å². The van der Waals surface area contributed by atoms with Crippen LogP contribution >= 0.6 is 0 Å². The number of fused-ring (bicyclic) bond motifs is 16. The van der Waals surface area contributed by atoms with Crippen molar-refractivity contribution >= 4 is 41.6 Å². The van der Waals surface area contributed by atoms with E-state index in [2.05, 4.69) is 263 Å². The SMILES string of the molecule is CCOC(=O)COc1c2cc(C(C)(C)C)cc1Cc1cc(C(C)(C)C)cc(c1OCC(=O)OCC)Cc1cc(C(C)(C)C)cc(c1OCC(=O)OCC)Cc1cc(C(C)(C)C)cc(c1OCC(=O)COc1c3cc(C(C)(C)C)cc1Cc1cc(C(C)(C)C)cc(c1OCC(=O)OCC)Cc1cc(C(C)(C)C)cc(c1OCC(=O)OCC)Cc1cc(C(C)(C)C)cc(c1OCC(=O)OCC)C3)C2. The molecule has 8 aromatic rings. The minimum atomic E-state index is -0.575. The molecule has 0 unspecified atom stereocenters. The van der Waals surface area contributed by atoms with E-state index in [9.17, 15) is 28.8 Å². The zero-order valence-electron chi connectivity index (χ0n) is 86.9. The lowest BCUT2D eigenvalue weighted by Crippen LogP contribution is -2.23. The third-order valence-electron chi connectivity index (χ3n) is 24.5. The molecule has 0 atom stereocenters. The van der Waals surface area contributed by atoms with Crippen LogP contribution in [0.1, 0.15) is 341 Å². The third-order valence-corrected chi connectivity index (χ3v) is 24.5. The van der Waals surface area contributed by atoms with Gasteiger partial charge in [-0.25, -0.2) is 28.8 Å². The van der Waals surface area contributed by atoms with Crippen molar-refractivity contribution in [2.75, 3.05) is 92.5 Å². The number of hydrogen-bond donors (Lipinski definition) is 0. The second kappa shape index (κ2) is 44.0. The Kier molecular flexibility index (Phi) is 34.5. The summed E-state index contributed by atoms with van der Waals surface area (Å²) in [6.07, 6.45) is 1.19. The molecule has 0 spiro atoms. The van der Waals surface area contributed by atoms with E-state index in [1.807, 2.05) is 0 Å². The lowest BCUT2D eigenvalue weighted by Gasteiger charge is -2.29. The summed E-state index contributed by atoms with van der Waals surface area (Å²) < 4.78 is 90.0. The summed E-state index contributed by atoms with van der Waals surface area (Å²) >= 11 is 0. The highest BCUT2D eigenvalue weighted by molar-refractivity contribution is 5.82. The quantitative estimate of drug-likeness (QED) is 0.0300. The Balaban J connectivity index is 1.27. The van der Waals surface area contributed by atoms with E-state index in [0.717, 1.165) is 66.8 Å². The summed E-state index contributed by atoms with van der Waals surface area (Å²) in [5, 5.41) is 0. The second-order valence-corrected chi connectivity index (χ2v) is 44.1. The molecule has 0 N–H and O–H groups in total. The standard InChI is InChI=1S/C115H150O21/c1-31-123-94(117)63-131-102-73-37-69-45-85(108(7,8)9)46-70(38-74-50-88(111(16,17)18)54-78(103(74)132-64-95(118)124-32-2)42-82-58-91(114(25,26)27)57-81(106(82)135-67-98(121)127-35-5)41-77(102)53-87(49-73)110(13,14)15)100(69)129-61-93(116)62-130-101-71-39-75-51-89(112(19,20)21)55-79(104(75)133-65-96(119)125-33-3)43-83-59-92(115(28,29)30)60-84(107(83)136-68-99(122)128-36-6)44-80-56-90(113(22,23)24)52-76(105(80)134-66-97(120)126-34-4)40-72(101)48-86(47-71)109(10,11)12/h45-60H,31-44,61-68H2,1-30H3. The lowest BCUT2D eigenvalue weighted by atomic mass is 9.79. The molecule has 2 aliphatic carbocycles. The Morgan fingerprint density at radius 3 is 0.360 bits per heavy atom. The van der Waals surface area contributed by atoms with Crippen LogP contribution < -0.4 is 37.9 Å². The van der Waals surface area contributed by atoms with Gasteiger partial charge in [-0.15, -0.1) is 0 Å². The normalized spacial score (nSPS) is 13.2. The van der Waals surface area contributed by atoms with E-state index in [1.54, 1.807) is 41.5 Å². The monoisotopic (exact) mass is 1870 g/mol. The summed E-state index contributed by atoms with van der Waals surface area (Å²) in [6, 6.07) is 34.0. The first-order valence-corrected chi connectivity index (χ1v) is 48.3. The number of ether oxygens (including phenoxy) is 14. The van der Waals surface area contributed by atoms with E-state index in [0.29, 0.717) is 113 Å². The molecule has 0 fully saturated rings. The molecule has 736 valence electrons. The summed E-state index contributed by atoms with van der Waals surface area (Å²) in [7, 11) is 0. The number of carbonyl (C=O) groups excluding carboxylic acids is 7. The Morgan fingerprint density at radius 2 is 0.272 bits per heavy atom. The molecule has 0 amide bonds. The molecule has 0 heterocycles. The summed E-state index contributed by atoms with van der Waals surface area (Å²) in [5.41, 5.74) is 15.0. The molecule has 0 saturated heterocycles. The maximum absolute atomic E-state index is 16.2. The van der Waals surface area contributed by atoms with Gasteiger partial charge in [-0.3, -0.25) is 4.79 Å². The first-order chi connectivity index (χ1) is 63.5. The maximum Gasteiger partial charge on any atom is 0.344 e. The van der Waals surface area contributed by atoms with E-state index in [-0.39, 0.29) is 91.0 Å². The first-order valence-electron chi connectivity index (χ1n) is 48.3. The van der Waals surface area contributed by atoms with Gasteiger partial charge in [0, 0.05) is 51.4 Å². The van der Waals surface area contributed by atoms with Crippen LogP contribution in [-0.2, 0) is 157 Å². The largest absolute Gasteiger partial charge is 0.485 e. The predicted molar refractivity (Wildman–Crippen MR) is 532 cm³/mol. The molecule has 0 radical (unpaired) electrons. The summed E-state index contributed by atoms with van der Waals surface area (Å²) in [4.78, 5) is 99.3. The second-order valence-electron chi connectivity index (χ2n) is 44.1. The van der Waals surface area contributed by atoms with Gasteiger partial charge in [0.1, 0.15) is 46.0 Å². The van der Waals surface area contributed by atoms with Crippen LogP contribution in [0.2, 0.25) is 0 Å². The topological polar surface area (TPSA) is 249 Å². The lowest BCUT2D eigenvalue weighted by molar-refractivity contribution is -0.146. The summed E-state index contributed by atoms with van der Waals surface area (Å²) in [5.74, 6) is -0.529. The Bertz CT molecular complexity index is 5080. The van der Waals surface area contributed by atoms with E-state index in [4.69, 9.17) is 66.3 Å². The highest BCUT2D eigenvalue weighted by Gasteiger charge is 2.36. The highest BCUT2D eigenvalue weighted by atomic mass is 16.6. The van der Waals surface area contributed by atoms with Gasteiger partial charge in [-0.1, -0.05) is 263 Å². The molecular formula is C115H150O21. The Labute approximate surface area is 808 Å². The van der Waals surface area contributed by atoms with E-state index >= 15 is 4.79 Å². The molecule has 2 aliphatic rings. The number of benzene rings is 8. The van der Waals surface area contributed by atoms with Gasteiger partial charge < -0.3 is 66.3 Å². The number of carbonyl (C=O) groups is 7. The van der Waals surface area contributed by atoms with Crippen LogP contribution in [0.3, 0.4) is 0 Å². The Hall–Kier alpha value is -11.4. The number of rotatable bonds is 30. The fraction of sp³-hybridized carbons (Fsp3) is 0.522. The molecule has 0 aliphatic heterocycles. The molecule has 10 rings (SSSR count). The minimum Gasteiger partial charge on any atom is -0.485 e. The molecule has 136 heavy (non-hydrogen) atoms. The van der Waals surface area contributed by atoms with Crippen molar-refractivity contribution in [3.8, 4) is 46.0 Å². The number of Topliss-reactive ketones (excluding diaryl/α,β-unsaturated/α-hetero) is 1. The summed E-state index contributed by atoms with van der Waals surface area (Å²) in [6.45, 7) is 59.1. The number of hydrogen-bond acceptors (Lipinski definition) is 21. The van der Waals surface area contributed by atoms with Crippen LogP contribution in [0.15, 0.2) is 97.1 Å². The third kappa shape index (κ3) is 28.0. The van der Waals surface area contributed by atoms with Crippen LogP contribution in [0.25, 0.3) is 0 Å².